The summed E-state index contributed by atoms with van der Waals surface area (Å²) in [5.41, 5.74) is 2.31. The van der Waals surface area contributed by atoms with Crippen LogP contribution in [-0.4, -0.2) is 16.6 Å². The van der Waals surface area contributed by atoms with Crippen LogP contribution in [0.2, 0.25) is 0 Å². The van der Waals surface area contributed by atoms with Crippen molar-refractivity contribution in [2.75, 3.05) is 0 Å². The van der Waals surface area contributed by atoms with E-state index in [0.717, 1.165) is 36.1 Å². The molecule has 35 heavy (non-hydrogen) atoms. The molecule has 1 heterocycles. The first-order valence-corrected chi connectivity index (χ1v) is 10.9. The minimum Gasteiger partial charge on any atom is -0.429 e. The van der Waals surface area contributed by atoms with Crippen molar-refractivity contribution in [1.82, 2.24) is 9.97 Å². The highest BCUT2D eigenvalue weighted by Gasteiger charge is 2.17. The number of rotatable bonds is 9. The van der Waals surface area contributed by atoms with Gasteiger partial charge in [0.05, 0.1) is 0 Å². The zero-order chi connectivity index (χ0) is 24.9. The van der Waals surface area contributed by atoms with Crippen molar-refractivity contribution >= 4 is 10.8 Å². The first-order chi connectivity index (χ1) is 16.9. The molecule has 3 nitrogen and oxygen atoms in total. The van der Waals surface area contributed by atoms with Gasteiger partial charge in [-0.2, -0.15) is 8.78 Å². The molecule has 4 aromatic rings. The Hall–Kier alpha value is -3.81. The zero-order valence-corrected chi connectivity index (χ0v) is 18.6. The Morgan fingerprint density at radius 1 is 0.857 bits per heavy atom. The van der Waals surface area contributed by atoms with Crippen molar-refractivity contribution in [2.24, 2.45) is 0 Å². The van der Waals surface area contributed by atoms with Gasteiger partial charge >= 0.3 is 6.61 Å². The summed E-state index contributed by atoms with van der Waals surface area (Å²) in [4.78, 5) is 8.79. The molecule has 0 radical (unpaired) electrons. The van der Waals surface area contributed by atoms with Crippen LogP contribution in [0.4, 0.5) is 22.0 Å². The smallest absolute Gasteiger partial charge is 0.387 e. The fourth-order valence-corrected chi connectivity index (χ4v) is 3.81. The van der Waals surface area contributed by atoms with Crippen LogP contribution in [0.15, 0.2) is 67.5 Å². The lowest BCUT2D eigenvalue weighted by Gasteiger charge is -2.11. The van der Waals surface area contributed by atoms with Crippen LogP contribution in [0.1, 0.15) is 23.1 Å². The Kier molecular flexibility index (Phi) is 7.39. The topological polar surface area (TPSA) is 35.0 Å². The average molecular weight is 484 g/mol. The van der Waals surface area contributed by atoms with E-state index in [2.05, 4.69) is 21.3 Å². The van der Waals surface area contributed by atoms with Crippen molar-refractivity contribution in [3.63, 3.8) is 0 Å². The SMILES string of the molecule is C=CCCc1cnc(-c2ccc3c(F)c(CCc4cc(F)c(OC(F)F)c(F)c4)ccc3c2)nc1. The lowest BCUT2D eigenvalue weighted by molar-refractivity contribution is -0.0546. The molecule has 0 saturated carbocycles. The van der Waals surface area contributed by atoms with Crippen molar-refractivity contribution in [3.8, 4) is 17.1 Å². The molecule has 0 aliphatic rings. The van der Waals surface area contributed by atoms with Gasteiger partial charge in [-0.3, -0.25) is 0 Å². The first-order valence-electron chi connectivity index (χ1n) is 10.9. The molecule has 0 N–H and O–H groups in total. The molecule has 3 aromatic carbocycles. The van der Waals surface area contributed by atoms with Crippen LogP contribution in [0, 0.1) is 17.5 Å². The third-order valence-electron chi connectivity index (χ3n) is 5.58. The van der Waals surface area contributed by atoms with E-state index in [1.165, 1.54) is 0 Å². The molecule has 0 aliphatic carbocycles. The van der Waals surface area contributed by atoms with Gasteiger partial charge in [0.2, 0.25) is 0 Å². The highest BCUT2D eigenvalue weighted by molar-refractivity contribution is 5.87. The summed E-state index contributed by atoms with van der Waals surface area (Å²) >= 11 is 0. The van der Waals surface area contributed by atoms with Crippen molar-refractivity contribution in [2.45, 2.75) is 32.3 Å². The van der Waals surface area contributed by atoms with Crippen molar-refractivity contribution < 1.29 is 26.7 Å². The van der Waals surface area contributed by atoms with Gasteiger partial charge in [0.25, 0.3) is 0 Å². The number of alkyl halides is 2. The average Bonchev–Trinajstić information content (AvgIpc) is 2.84. The predicted molar refractivity (Wildman–Crippen MR) is 124 cm³/mol. The van der Waals surface area contributed by atoms with E-state index < -0.39 is 29.8 Å². The maximum Gasteiger partial charge on any atom is 0.387 e. The van der Waals surface area contributed by atoms with E-state index in [1.54, 1.807) is 42.7 Å². The number of ether oxygens (including phenoxy) is 1. The van der Waals surface area contributed by atoms with Crippen LogP contribution in [0.5, 0.6) is 5.75 Å². The van der Waals surface area contributed by atoms with Crippen molar-refractivity contribution in [1.29, 1.82) is 0 Å². The Balaban J connectivity index is 1.51. The number of aryl methyl sites for hydroxylation is 3. The van der Waals surface area contributed by atoms with E-state index >= 15 is 4.39 Å². The lowest BCUT2D eigenvalue weighted by Crippen LogP contribution is -2.06. The molecule has 4 rings (SSSR count). The largest absolute Gasteiger partial charge is 0.429 e. The number of fused-ring (bicyclic) bond motifs is 1. The second-order valence-corrected chi connectivity index (χ2v) is 7.98. The Bertz CT molecular complexity index is 1330. The van der Waals surface area contributed by atoms with E-state index in [4.69, 9.17) is 0 Å². The molecule has 0 saturated heterocycles. The molecule has 0 fully saturated rings. The standard InChI is InChI=1S/C27H21F5N2O/c1-2-3-4-17-14-33-26(34-15-17)20-9-10-21-19(13-20)8-7-18(24(21)30)6-5-16-11-22(28)25(23(29)12-16)35-27(31)32/h2,7-15,27H,1,3-6H2. The number of nitrogens with zero attached hydrogens (tertiary/aromatic N) is 2. The van der Waals surface area contributed by atoms with Crippen LogP contribution in [0.3, 0.4) is 0 Å². The monoisotopic (exact) mass is 484 g/mol. The van der Waals surface area contributed by atoms with E-state index in [-0.39, 0.29) is 18.4 Å². The van der Waals surface area contributed by atoms with Gasteiger partial charge in [-0.25, -0.2) is 23.1 Å². The fourth-order valence-electron chi connectivity index (χ4n) is 3.81. The number of benzene rings is 3. The third-order valence-corrected chi connectivity index (χ3v) is 5.58. The quantitative estimate of drug-likeness (QED) is 0.186. The van der Waals surface area contributed by atoms with Crippen LogP contribution >= 0.6 is 0 Å². The number of allylic oxidation sites excluding steroid dienone is 1. The van der Waals surface area contributed by atoms with Crippen LogP contribution in [0.25, 0.3) is 22.2 Å². The minimum absolute atomic E-state index is 0.106. The molecule has 0 atom stereocenters. The molecular weight excluding hydrogens is 463 g/mol. The van der Waals surface area contributed by atoms with Gasteiger partial charge in [-0.1, -0.05) is 30.3 Å². The van der Waals surface area contributed by atoms with Crippen LogP contribution in [-0.2, 0) is 19.3 Å². The molecule has 0 spiro atoms. The van der Waals surface area contributed by atoms with Gasteiger partial charge in [0.15, 0.2) is 23.2 Å². The lowest BCUT2D eigenvalue weighted by atomic mass is 9.98. The molecule has 180 valence electrons. The number of aromatic nitrogens is 2. The second-order valence-electron chi connectivity index (χ2n) is 7.98. The predicted octanol–water partition coefficient (Wildman–Crippen LogP) is 7.22. The maximum atomic E-state index is 15.2. The summed E-state index contributed by atoms with van der Waals surface area (Å²) < 4.78 is 71.5. The molecule has 0 aliphatic heterocycles. The van der Waals surface area contributed by atoms with Crippen molar-refractivity contribution in [3.05, 3.63) is 102 Å². The molecule has 0 unspecified atom stereocenters. The van der Waals surface area contributed by atoms with Gasteiger partial charge in [0.1, 0.15) is 5.82 Å². The summed E-state index contributed by atoms with van der Waals surface area (Å²) in [6.45, 7) is 0.357. The zero-order valence-electron chi connectivity index (χ0n) is 18.6. The highest BCUT2D eigenvalue weighted by atomic mass is 19.3. The number of hydrogen-bond donors (Lipinski definition) is 0. The summed E-state index contributed by atoms with van der Waals surface area (Å²) in [7, 11) is 0. The Morgan fingerprint density at radius 2 is 1.57 bits per heavy atom. The summed E-state index contributed by atoms with van der Waals surface area (Å²) in [5.74, 6) is -3.51. The highest BCUT2D eigenvalue weighted by Crippen LogP contribution is 2.28. The van der Waals surface area contributed by atoms with Gasteiger partial charge in [0, 0.05) is 23.3 Å². The minimum atomic E-state index is -3.34. The van der Waals surface area contributed by atoms with Gasteiger partial charge < -0.3 is 4.74 Å². The number of hydrogen-bond acceptors (Lipinski definition) is 3. The normalized spacial score (nSPS) is 11.3. The van der Waals surface area contributed by atoms with Gasteiger partial charge in [-0.15, -0.1) is 6.58 Å². The fraction of sp³-hybridized carbons (Fsp3) is 0.185. The van der Waals surface area contributed by atoms with Crippen LogP contribution < -0.4 is 4.74 Å². The Labute approximate surface area is 198 Å². The van der Waals surface area contributed by atoms with E-state index in [1.807, 2.05) is 6.08 Å². The summed E-state index contributed by atoms with van der Waals surface area (Å²) in [6, 6.07) is 10.4. The number of halogens is 5. The van der Waals surface area contributed by atoms with Gasteiger partial charge in [-0.05, 0) is 66.0 Å². The maximum absolute atomic E-state index is 15.2. The molecule has 0 bridgehead atoms. The van der Waals surface area contributed by atoms with E-state index in [9.17, 15) is 17.6 Å². The molecule has 8 heteroatoms. The second kappa shape index (κ2) is 10.6. The summed E-state index contributed by atoms with van der Waals surface area (Å²) in [6.07, 6.45) is 7.26. The third kappa shape index (κ3) is 5.65. The molecule has 0 amide bonds. The Morgan fingerprint density at radius 3 is 2.23 bits per heavy atom. The first kappa shape index (κ1) is 24.3. The van der Waals surface area contributed by atoms with E-state index in [0.29, 0.717) is 22.2 Å². The molecular formula is C27H21F5N2O. The molecule has 1 aromatic heterocycles. The summed E-state index contributed by atoms with van der Waals surface area (Å²) in [5, 5.41) is 1.06.